The monoisotopic (exact) mass is 184 g/mol. The minimum absolute atomic E-state index is 0.521. The molecule has 1 fully saturated rings. The van der Waals surface area contributed by atoms with Gasteiger partial charge >= 0.3 is 0 Å². The highest BCUT2D eigenvalue weighted by atomic mass is 16.5. The van der Waals surface area contributed by atoms with E-state index in [0.29, 0.717) is 12.0 Å². The zero-order valence-corrected chi connectivity index (χ0v) is 8.62. The van der Waals surface area contributed by atoms with Crippen LogP contribution < -0.4 is 5.32 Å². The van der Waals surface area contributed by atoms with Crippen molar-refractivity contribution in [3.63, 3.8) is 0 Å². The van der Waals surface area contributed by atoms with E-state index in [0.717, 1.165) is 26.3 Å². The van der Waals surface area contributed by atoms with Gasteiger partial charge in [-0.25, -0.2) is 0 Å². The van der Waals surface area contributed by atoms with Gasteiger partial charge in [-0.05, 0) is 14.1 Å². The minimum Gasteiger partial charge on any atom is -0.379 e. The SMILES string of the molecule is C=CCN(C)CC1COCC1NC. The molecule has 3 nitrogen and oxygen atoms in total. The normalized spacial score (nSPS) is 28.2. The molecule has 1 aliphatic heterocycles. The van der Waals surface area contributed by atoms with Crippen molar-refractivity contribution in [1.29, 1.82) is 0 Å². The lowest BCUT2D eigenvalue weighted by molar-refractivity contribution is 0.175. The molecule has 0 radical (unpaired) electrons. The first-order chi connectivity index (χ1) is 6.27. The van der Waals surface area contributed by atoms with Crippen molar-refractivity contribution in [3.8, 4) is 0 Å². The molecule has 0 spiro atoms. The Bertz CT molecular complexity index is 161. The smallest absolute Gasteiger partial charge is 0.0623 e. The Morgan fingerprint density at radius 1 is 1.62 bits per heavy atom. The van der Waals surface area contributed by atoms with Gasteiger partial charge in [-0.3, -0.25) is 0 Å². The molecule has 0 bridgehead atoms. The fourth-order valence-corrected chi connectivity index (χ4v) is 1.79. The fourth-order valence-electron chi connectivity index (χ4n) is 1.79. The zero-order valence-electron chi connectivity index (χ0n) is 8.62. The number of ether oxygens (including phenoxy) is 1. The van der Waals surface area contributed by atoms with Gasteiger partial charge in [-0.2, -0.15) is 0 Å². The van der Waals surface area contributed by atoms with E-state index in [-0.39, 0.29) is 0 Å². The van der Waals surface area contributed by atoms with Crippen LogP contribution in [0.15, 0.2) is 12.7 Å². The van der Waals surface area contributed by atoms with E-state index in [4.69, 9.17) is 4.74 Å². The average molecular weight is 184 g/mol. The summed E-state index contributed by atoms with van der Waals surface area (Å²) in [5, 5.41) is 3.28. The summed E-state index contributed by atoms with van der Waals surface area (Å²) in [5.74, 6) is 0.620. The molecule has 1 heterocycles. The second kappa shape index (κ2) is 5.37. The molecule has 0 aromatic heterocycles. The van der Waals surface area contributed by atoms with Crippen LogP contribution in [0.4, 0.5) is 0 Å². The van der Waals surface area contributed by atoms with Crippen molar-refractivity contribution in [2.75, 3.05) is 40.4 Å². The first kappa shape index (κ1) is 10.7. The molecule has 0 aromatic carbocycles. The summed E-state index contributed by atoms with van der Waals surface area (Å²) in [6, 6.07) is 0.521. The van der Waals surface area contributed by atoms with Gasteiger partial charge in [0, 0.05) is 25.0 Å². The first-order valence-electron chi connectivity index (χ1n) is 4.82. The standard InChI is InChI=1S/C10H20N2O/c1-4-5-12(3)6-9-7-13-8-10(9)11-2/h4,9-11H,1,5-8H2,2-3H3. The zero-order chi connectivity index (χ0) is 9.68. The van der Waals surface area contributed by atoms with Crippen molar-refractivity contribution >= 4 is 0 Å². The number of rotatable bonds is 5. The maximum absolute atomic E-state index is 5.42. The Hall–Kier alpha value is -0.380. The topological polar surface area (TPSA) is 24.5 Å². The lowest BCUT2D eigenvalue weighted by Crippen LogP contribution is -2.39. The van der Waals surface area contributed by atoms with Crippen LogP contribution in [-0.4, -0.2) is 51.3 Å². The van der Waals surface area contributed by atoms with Crippen molar-refractivity contribution in [2.45, 2.75) is 6.04 Å². The molecule has 1 aliphatic rings. The number of hydrogen-bond donors (Lipinski definition) is 1. The second-order valence-corrected chi connectivity index (χ2v) is 3.70. The van der Waals surface area contributed by atoms with Gasteiger partial charge < -0.3 is 15.0 Å². The van der Waals surface area contributed by atoms with Gasteiger partial charge in [0.15, 0.2) is 0 Å². The van der Waals surface area contributed by atoms with E-state index in [1.165, 1.54) is 0 Å². The van der Waals surface area contributed by atoms with Crippen LogP contribution in [0.5, 0.6) is 0 Å². The predicted octanol–water partition coefficient (Wildman–Crippen LogP) is 0.339. The summed E-state index contributed by atoms with van der Waals surface area (Å²) in [5.41, 5.74) is 0. The van der Waals surface area contributed by atoms with Gasteiger partial charge in [0.1, 0.15) is 0 Å². The third-order valence-corrected chi connectivity index (χ3v) is 2.56. The van der Waals surface area contributed by atoms with Crippen molar-refractivity contribution in [3.05, 3.63) is 12.7 Å². The second-order valence-electron chi connectivity index (χ2n) is 3.70. The molecule has 1 saturated heterocycles. The lowest BCUT2D eigenvalue weighted by Gasteiger charge is -2.22. The maximum atomic E-state index is 5.42. The Morgan fingerprint density at radius 2 is 2.38 bits per heavy atom. The number of nitrogens with zero attached hydrogens (tertiary/aromatic N) is 1. The van der Waals surface area contributed by atoms with E-state index in [1.54, 1.807) is 0 Å². The maximum Gasteiger partial charge on any atom is 0.0623 e. The quantitative estimate of drug-likeness (QED) is 0.624. The van der Waals surface area contributed by atoms with Crippen LogP contribution in [-0.2, 0) is 4.74 Å². The highest BCUT2D eigenvalue weighted by Crippen LogP contribution is 2.14. The van der Waals surface area contributed by atoms with Crippen LogP contribution in [0.25, 0.3) is 0 Å². The summed E-state index contributed by atoms with van der Waals surface area (Å²) >= 11 is 0. The molecule has 0 amide bonds. The molecule has 2 unspecified atom stereocenters. The highest BCUT2D eigenvalue weighted by Gasteiger charge is 2.27. The Morgan fingerprint density at radius 3 is 3.00 bits per heavy atom. The van der Waals surface area contributed by atoms with Gasteiger partial charge in [0.05, 0.1) is 13.2 Å². The van der Waals surface area contributed by atoms with E-state index in [2.05, 4.69) is 23.8 Å². The lowest BCUT2D eigenvalue weighted by atomic mass is 10.0. The van der Waals surface area contributed by atoms with Crippen LogP contribution >= 0.6 is 0 Å². The van der Waals surface area contributed by atoms with E-state index in [9.17, 15) is 0 Å². The molecule has 1 rings (SSSR count). The number of likely N-dealkylation sites (N-methyl/N-ethyl adjacent to an activating group) is 2. The first-order valence-corrected chi connectivity index (χ1v) is 4.82. The molecule has 3 heteroatoms. The highest BCUT2D eigenvalue weighted by molar-refractivity contribution is 4.83. The summed E-state index contributed by atoms with van der Waals surface area (Å²) in [4.78, 5) is 2.27. The predicted molar refractivity (Wildman–Crippen MR) is 54.9 cm³/mol. The molecule has 1 N–H and O–H groups in total. The van der Waals surface area contributed by atoms with E-state index in [1.807, 2.05) is 13.1 Å². The third kappa shape index (κ3) is 3.10. The largest absolute Gasteiger partial charge is 0.379 e. The Labute approximate surface area is 80.8 Å². The average Bonchev–Trinajstić information content (AvgIpc) is 2.52. The fraction of sp³-hybridized carbons (Fsp3) is 0.800. The molecule has 2 atom stereocenters. The van der Waals surface area contributed by atoms with Crippen molar-refractivity contribution in [2.24, 2.45) is 5.92 Å². The van der Waals surface area contributed by atoms with Gasteiger partial charge in [0.25, 0.3) is 0 Å². The van der Waals surface area contributed by atoms with E-state index < -0.39 is 0 Å². The molecule has 13 heavy (non-hydrogen) atoms. The Balaban J connectivity index is 2.30. The van der Waals surface area contributed by atoms with Crippen molar-refractivity contribution < 1.29 is 4.74 Å². The van der Waals surface area contributed by atoms with Crippen LogP contribution in [0.3, 0.4) is 0 Å². The molecule has 0 aliphatic carbocycles. The minimum atomic E-state index is 0.521. The summed E-state index contributed by atoms with van der Waals surface area (Å²) < 4.78 is 5.42. The van der Waals surface area contributed by atoms with Crippen LogP contribution in [0.1, 0.15) is 0 Å². The van der Waals surface area contributed by atoms with Gasteiger partial charge in [0.2, 0.25) is 0 Å². The van der Waals surface area contributed by atoms with Crippen LogP contribution in [0.2, 0.25) is 0 Å². The van der Waals surface area contributed by atoms with Crippen LogP contribution in [0, 0.1) is 5.92 Å². The van der Waals surface area contributed by atoms with Crippen molar-refractivity contribution in [1.82, 2.24) is 10.2 Å². The Kier molecular flexibility index (Phi) is 4.42. The molecule has 0 saturated carbocycles. The molecule has 0 aromatic rings. The van der Waals surface area contributed by atoms with E-state index >= 15 is 0 Å². The molecule has 76 valence electrons. The third-order valence-electron chi connectivity index (χ3n) is 2.56. The molecular weight excluding hydrogens is 164 g/mol. The number of nitrogens with one attached hydrogen (secondary N) is 1. The summed E-state index contributed by atoms with van der Waals surface area (Å²) in [6.45, 7) is 7.49. The summed E-state index contributed by atoms with van der Waals surface area (Å²) in [6.07, 6.45) is 1.93. The summed E-state index contributed by atoms with van der Waals surface area (Å²) in [7, 11) is 4.12. The van der Waals surface area contributed by atoms with Gasteiger partial charge in [-0.1, -0.05) is 6.08 Å². The number of hydrogen-bond acceptors (Lipinski definition) is 3. The van der Waals surface area contributed by atoms with Gasteiger partial charge in [-0.15, -0.1) is 6.58 Å². The molecular formula is C10H20N2O.